The van der Waals surface area contributed by atoms with Gasteiger partial charge in [0, 0.05) is 7.05 Å². The van der Waals surface area contributed by atoms with Gasteiger partial charge >= 0.3 is 0 Å². The number of hydroxylamine groups is 2. The third-order valence-electron chi connectivity index (χ3n) is 2.88. The summed E-state index contributed by atoms with van der Waals surface area (Å²) in [7, 11) is 3.07. The van der Waals surface area contributed by atoms with E-state index in [0.717, 1.165) is 20.1 Å². The first-order chi connectivity index (χ1) is 9.69. The first-order valence-corrected chi connectivity index (χ1v) is 7.60. The van der Waals surface area contributed by atoms with Crippen LogP contribution in [0.5, 0.6) is 0 Å². The van der Waals surface area contributed by atoms with Crippen LogP contribution in [-0.4, -0.2) is 30.1 Å². The van der Waals surface area contributed by atoms with E-state index in [0.29, 0.717) is 4.88 Å². The fourth-order valence-corrected chi connectivity index (χ4v) is 3.78. The quantitative estimate of drug-likeness (QED) is 0.694. The van der Waals surface area contributed by atoms with Crippen molar-refractivity contribution >= 4 is 38.8 Å². The molecule has 6 heteroatoms. The Balaban J connectivity index is 1.95. The highest BCUT2D eigenvalue weighted by Gasteiger charge is 2.16. The minimum absolute atomic E-state index is 0.148. The normalized spacial score (nSPS) is 10.9. The fraction of sp³-hybridized carbons (Fsp3) is 0.143. The Morgan fingerprint density at radius 3 is 2.75 bits per heavy atom. The van der Waals surface area contributed by atoms with Gasteiger partial charge in [0.15, 0.2) is 0 Å². The molecule has 0 radical (unpaired) electrons. The van der Waals surface area contributed by atoms with Crippen LogP contribution in [-0.2, 0) is 4.84 Å². The number of thiophene rings is 1. The van der Waals surface area contributed by atoms with Gasteiger partial charge in [-0.15, -0.1) is 22.7 Å². The van der Waals surface area contributed by atoms with Crippen LogP contribution in [0.4, 0.5) is 0 Å². The third-order valence-corrected chi connectivity index (χ3v) is 5.16. The van der Waals surface area contributed by atoms with Gasteiger partial charge in [0.25, 0.3) is 5.91 Å². The number of fused-ring (bicyclic) bond motifs is 1. The molecule has 4 nitrogen and oxygen atoms in total. The van der Waals surface area contributed by atoms with Crippen LogP contribution in [0.2, 0.25) is 0 Å². The molecular weight excluding hydrogens is 292 g/mol. The molecule has 0 unspecified atom stereocenters. The summed E-state index contributed by atoms with van der Waals surface area (Å²) in [5.41, 5.74) is 0.989. The topological polar surface area (TPSA) is 42.4 Å². The van der Waals surface area contributed by atoms with Crippen molar-refractivity contribution in [3.8, 4) is 9.88 Å². The molecule has 0 aliphatic rings. The molecule has 3 rings (SSSR count). The lowest BCUT2D eigenvalue weighted by Gasteiger charge is -2.11. The summed E-state index contributed by atoms with van der Waals surface area (Å²) < 4.78 is 1.15. The molecule has 102 valence electrons. The maximum Gasteiger partial charge on any atom is 0.287 e. The molecule has 2 heterocycles. The van der Waals surface area contributed by atoms with Crippen molar-refractivity contribution < 1.29 is 9.63 Å². The van der Waals surface area contributed by atoms with Crippen molar-refractivity contribution in [2.24, 2.45) is 0 Å². The van der Waals surface area contributed by atoms with Gasteiger partial charge in [0.05, 0.1) is 27.1 Å². The summed E-state index contributed by atoms with van der Waals surface area (Å²) in [4.78, 5) is 23.1. The largest absolute Gasteiger partial charge is 0.287 e. The van der Waals surface area contributed by atoms with Crippen molar-refractivity contribution in [3.05, 3.63) is 41.3 Å². The Hall–Kier alpha value is -1.76. The highest BCUT2D eigenvalue weighted by molar-refractivity contribution is 7.26. The van der Waals surface area contributed by atoms with E-state index in [1.54, 1.807) is 18.4 Å². The average Bonchev–Trinajstić information content (AvgIpc) is 3.11. The van der Waals surface area contributed by atoms with Crippen molar-refractivity contribution in [1.29, 1.82) is 0 Å². The Morgan fingerprint density at radius 2 is 2.00 bits per heavy atom. The fourth-order valence-electron chi connectivity index (χ4n) is 1.78. The number of carbonyl (C=O) groups excluding carboxylic acids is 1. The van der Waals surface area contributed by atoms with Crippen LogP contribution >= 0.6 is 22.7 Å². The van der Waals surface area contributed by atoms with Gasteiger partial charge in [0.2, 0.25) is 0 Å². The SMILES string of the molecule is CON(C)C(=O)c1ccc(-c2nc3ccccc3s2)s1. The van der Waals surface area contributed by atoms with E-state index in [9.17, 15) is 4.79 Å². The Kier molecular flexibility index (Phi) is 3.52. The van der Waals surface area contributed by atoms with E-state index in [4.69, 9.17) is 4.84 Å². The molecule has 0 aliphatic heterocycles. The van der Waals surface area contributed by atoms with Gasteiger partial charge in [-0.2, -0.15) is 0 Å². The van der Waals surface area contributed by atoms with Gasteiger partial charge in [-0.25, -0.2) is 10.0 Å². The van der Waals surface area contributed by atoms with Crippen LogP contribution in [0, 0.1) is 0 Å². The van der Waals surface area contributed by atoms with E-state index < -0.39 is 0 Å². The molecule has 20 heavy (non-hydrogen) atoms. The molecule has 0 N–H and O–H groups in total. The third kappa shape index (κ3) is 2.33. The summed E-state index contributed by atoms with van der Waals surface area (Å²) in [6.45, 7) is 0. The lowest BCUT2D eigenvalue weighted by atomic mass is 10.3. The van der Waals surface area contributed by atoms with Crippen LogP contribution in [0.15, 0.2) is 36.4 Å². The number of hydrogen-bond acceptors (Lipinski definition) is 5. The second-order valence-electron chi connectivity index (χ2n) is 4.14. The van der Waals surface area contributed by atoms with Gasteiger partial charge in [0.1, 0.15) is 5.01 Å². The summed E-state index contributed by atoms with van der Waals surface area (Å²) in [6.07, 6.45) is 0. The van der Waals surface area contributed by atoms with Gasteiger partial charge < -0.3 is 0 Å². The second-order valence-corrected chi connectivity index (χ2v) is 6.25. The molecular formula is C14H12N2O2S2. The maximum absolute atomic E-state index is 12.0. The number of hydrogen-bond donors (Lipinski definition) is 0. The first-order valence-electron chi connectivity index (χ1n) is 5.97. The Morgan fingerprint density at radius 1 is 1.20 bits per heavy atom. The summed E-state index contributed by atoms with van der Waals surface area (Å²) in [5.74, 6) is -0.148. The van der Waals surface area contributed by atoms with E-state index >= 15 is 0 Å². The lowest BCUT2D eigenvalue weighted by Crippen LogP contribution is -2.24. The van der Waals surface area contributed by atoms with Crippen molar-refractivity contribution in [3.63, 3.8) is 0 Å². The van der Waals surface area contributed by atoms with Crippen LogP contribution in [0.3, 0.4) is 0 Å². The van der Waals surface area contributed by atoms with E-state index in [1.165, 1.54) is 23.5 Å². The highest BCUT2D eigenvalue weighted by Crippen LogP contribution is 2.34. The Bertz CT molecular complexity index is 730. The van der Waals surface area contributed by atoms with E-state index in [2.05, 4.69) is 11.1 Å². The molecule has 0 saturated heterocycles. The zero-order chi connectivity index (χ0) is 14.1. The number of para-hydroxylation sites is 1. The molecule has 1 aromatic carbocycles. The number of carbonyl (C=O) groups is 1. The molecule has 0 atom stereocenters. The minimum atomic E-state index is -0.148. The van der Waals surface area contributed by atoms with E-state index in [-0.39, 0.29) is 5.91 Å². The van der Waals surface area contributed by atoms with Crippen LogP contribution in [0.25, 0.3) is 20.1 Å². The molecule has 0 aliphatic carbocycles. The van der Waals surface area contributed by atoms with E-state index in [1.807, 2.05) is 30.3 Å². The predicted octanol–water partition coefficient (Wildman–Crippen LogP) is 3.66. The molecule has 0 bridgehead atoms. The molecule has 3 aromatic rings. The maximum atomic E-state index is 12.0. The molecule has 0 saturated carbocycles. The zero-order valence-electron chi connectivity index (χ0n) is 11.0. The number of amides is 1. The molecule has 0 fully saturated rings. The highest BCUT2D eigenvalue weighted by atomic mass is 32.1. The number of rotatable bonds is 3. The van der Waals surface area contributed by atoms with Crippen LogP contribution < -0.4 is 0 Å². The smallest absolute Gasteiger partial charge is 0.274 e. The lowest BCUT2D eigenvalue weighted by molar-refractivity contribution is -0.0753. The minimum Gasteiger partial charge on any atom is -0.274 e. The molecule has 2 aromatic heterocycles. The van der Waals surface area contributed by atoms with Crippen molar-refractivity contribution in [2.45, 2.75) is 0 Å². The molecule has 0 spiro atoms. The summed E-state index contributed by atoms with van der Waals surface area (Å²) in [5, 5.41) is 2.16. The van der Waals surface area contributed by atoms with Gasteiger partial charge in [-0.1, -0.05) is 12.1 Å². The second kappa shape index (κ2) is 5.32. The number of thiazole rings is 1. The first kappa shape index (κ1) is 13.2. The summed E-state index contributed by atoms with van der Waals surface area (Å²) >= 11 is 3.06. The van der Waals surface area contributed by atoms with Crippen molar-refractivity contribution in [2.75, 3.05) is 14.2 Å². The number of benzene rings is 1. The van der Waals surface area contributed by atoms with Crippen LogP contribution in [0.1, 0.15) is 9.67 Å². The van der Waals surface area contributed by atoms with Gasteiger partial charge in [-0.3, -0.25) is 9.63 Å². The average molecular weight is 304 g/mol. The number of aromatic nitrogens is 1. The van der Waals surface area contributed by atoms with Crippen molar-refractivity contribution in [1.82, 2.24) is 10.0 Å². The standard InChI is InChI=1S/C14H12N2O2S2/c1-16(18-2)14(17)12-8-7-11(19-12)13-15-9-5-3-4-6-10(9)20-13/h3-8H,1-2H3. The van der Waals surface area contributed by atoms with Gasteiger partial charge in [-0.05, 0) is 24.3 Å². The zero-order valence-corrected chi connectivity index (χ0v) is 12.6. The molecule has 1 amide bonds. The summed E-state index contributed by atoms with van der Waals surface area (Å²) in [6, 6.07) is 11.8. The Labute approximate surface area is 124 Å². The monoisotopic (exact) mass is 304 g/mol. The predicted molar refractivity (Wildman–Crippen MR) is 82.0 cm³/mol. The number of nitrogens with zero attached hydrogens (tertiary/aromatic N) is 2.